The summed E-state index contributed by atoms with van der Waals surface area (Å²) in [5.41, 5.74) is 2.57. The smallest absolute Gasteiger partial charge is 0.191 e. The average Bonchev–Trinajstić information content (AvgIpc) is 2.37. The number of nitrogens with one attached hydrogen (secondary N) is 1. The van der Waals surface area contributed by atoms with Crippen molar-refractivity contribution in [2.45, 2.75) is 11.6 Å². The number of nitrogens with two attached hydrogens (primary N) is 1. The molecule has 3 N–H and O–H groups in total. The van der Waals surface area contributed by atoms with Gasteiger partial charge in [-0.15, -0.1) is 0 Å². The highest BCUT2D eigenvalue weighted by atomic mass is 32.2. The molecule has 0 bridgehead atoms. The molecular formula is C11H22N6S. The van der Waals surface area contributed by atoms with Crippen molar-refractivity contribution in [3.8, 4) is 0 Å². The fraction of sp³-hybridized carbons (Fsp3) is 0.636. The minimum Gasteiger partial charge on any atom is -0.359 e. The first-order chi connectivity index (χ1) is 8.56. The third kappa shape index (κ3) is 4.67. The summed E-state index contributed by atoms with van der Waals surface area (Å²) in [5, 5.41) is 0.722. The number of hydrogen-bond donors (Lipinski definition) is 2. The van der Waals surface area contributed by atoms with Crippen LogP contribution in [-0.4, -0.2) is 55.4 Å². The Balaban J connectivity index is 2.68. The topological polar surface area (TPSA) is 70.3 Å². The highest BCUT2D eigenvalue weighted by Crippen LogP contribution is 2.19. The molecule has 1 aromatic rings. The molecule has 1 rings (SSSR count). The Labute approximate surface area is 113 Å². The van der Waals surface area contributed by atoms with Gasteiger partial charge in [0.1, 0.15) is 11.6 Å². The molecule has 0 fully saturated rings. The molecule has 18 heavy (non-hydrogen) atoms. The second-order valence-electron chi connectivity index (χ2n) is 4.32. The lowest BCUT2D eigenvalue weighted by molar-refractivity contribution is 0.401. The molecule has 1 heterocycles. The summed E-state index contributed by atoms with van der Waals surface area (Å²) < 4.78 is 0. The Morgan fingerprint density at radius 3 is 2.56 bits per heavy atom. The molecule has 6 nitrogen and oxygen atoms in total. The third-order valence-corrected chi connectivity index (χ3v) is 3.06. The van der Waals surface area contributed by atoms with Gasteiger partial charge < -0.3 is 15.2 Å². The summed E-state index contributed by atoms with van der Waals surface area (Å²) >= 11 is 1.51. The first-order valence-corrected chi connectivity index (χ1v) is 7.05. The fourth-order valence-corrected chi connectivity index (χ4v) is 1.89. The van der Waals surface area contributed by atoms with Gasteiger partial charge in [-0.25, -0.2) is 15.8 Å². The van der Waals surface area contributed by atoms with E-state index in [0.717, 1.165) is 30.5 Å². The number of aromatic nitrogens is 2. The fourth-order valence-electron chi connectivity index (χ4n) is 1.51. The predicted molar refractivity (Wildman–Crippen MR) is 78.1 cm³/mol. The molecule has 0 spiro atoms. The maximum atomic E-state index is 5.41. The van der Waals surface area contributed by atoms with E-state index >= 15 is 0 Å². The minimum atomic E-state index is 0.642. The van der Waals surface area contributed by atoms with E-state index in [4.69, 9.17) is 5.84 Å². The van der Waals surface area contributed by atoms with E-state index < -0.39 is 0 Å². The SMILES string of the molecule is CSc1nc(NN)cc(N(C)CCCN(C)C)n1. The third-order valence-electron chi connectivity index (χ3n) is 2.51. The molecule has 0 aromatic carbocycles. The molecule has 7 heteroatoms. The second-order valence-corrected chi connectivity index (χ2v) is 5.09. The van der Waals surface area contributed by atoms with Crippen molar-refractivity contribution < 1.29 is 0 Å². The van der Waals surface area contributed by atoms with E-state index in [2.05, 4.69) is 39.3 Å². The van der Waals surface area contributed by atoms with Crippen LogP contribution in [-0.2, 0) is 0 Å². The van der Waals surface area contributed by atoms with Gasteiger partial charge in [-0.3, -0.25) is 0 Å². The van der Waals surface area contributed by atoms with Crippen LogP contribution in [0.1, 0.15) is 6.42 Å². The van der Waals surface area contributed by atoms with Gasteiger partial charge in [-0.05, 0) is 33.3 Å². The standard InChI is InChI=1S/C11H22N6S/c1-16(2)6-5-7-17(3)10-8-9(15-12)13-11(14-10)18-4/h8H,5-7,12H2,1-4H3,(H,13,14,15). The van der Waals surface area contributed by atoms with Crippen molar-refractivity contribution in [1.29, 1.82) is 0 Å². The quantitative estimate of drug-likeness (QED) is 0.330. The molecule has 0 radical (unpaired) electrons. The molecule has 0 aliphatic rings. The lowest BCUT2D eigenvalue weighted by Gasteiger charge is -2.20. The zero-order valence-electron chi connectivity index (χ0n) is 11.5. The van der Waals surface area contributed by atoms with Crippen LogP contribution in [0.5, 0.6) is 0 Å². The molecule has 0 atom stereocenters. The molecule has 0 aliphatic heterocycles. The average molecular weight is 270 g/mol. The summed E-state index contributed by atoms with van der Waals surface area (Å²) in [5.74, 6) is 6.94. The van der Waals surface area contributed by atoms with Crippen LogP contribution in [0.4, 0.5) is 11.6 Å². The van der Waals surface area contributed by atoms with Crippen LogP contribution in [0.3, 0.4) is 0 Å². The van der Waals surface area contributed by atoms with Crippen LogP contribution in [0.2, 0.25) is 0 Å². The van der Waals surface area contributed by atoms with Crippen molar-refractivity contribution in [2.75, 3.05) is 50.8 Å². The molecule has 1 aromatic heterocycles. The number of hydrazine groups is 1. The van der Waals surface area contributed by atoms with E-state index in [1.165, 1.54) is 11.8 Å². The highest BCUT2D eigenvalue weighted by molar-refractivity contribution is 7.98. The Morgan fingerprint density at radius 2 is 2.00 bits per heavy atom. The van der Waals surface area contributed by atoms with Crippen LogP contribution in [0, 0.1) is 0 Å². The molecule has 102 valence electrons. The van der Waals surface area contributed by atoms with Gasteiger partial charge >= 0.3 is 0 Å². The van der Waals surface area contributed by atoms with Crippen molar-refractivity contribution in [1.82, 2.24) is 14.9 Å². The van der Waals surface area contributed by atoms with Gasteiger partial charge in [0.25, 0.3) is 0 Å². The van der Waals surface area contributed by atoms with Crippen LogP contribution >= 0.6 is 11.8 Å². The van der Waals surface area contributed by atoms with Gasteiger partial charge in [0.05, 0.1) is 0 Å². The van der Waals surface area contributed by atoms with Gasteiger partial charge in [-0.2, -0.15) is 0 Å². The Bertz CT molecular complexity index is 348. The van der Waals surface area contributed by atoms with E-state index in [0.29, 0.717) is 5.82 Å². The summed E-state index contributed by atoms with van der Waals surface area (Å²) in [7, 11) is 6.18. The second kappa shape index (κ2) is 7.40. The molecular weight excluding hydrogens is 248 g/mol. The molecule has 0 amide bonds. The highest BCUT2D eigenvalue weighted by Gasteiger charge is 2.07. The van der Waals surface area contributed by atoms with E-state index in [9.17, 15) is 0 Å². The Morgan fingerprint density at radius 1 is 1.28 bits per heavy atom. The van der Waals surface area contributed by atoms with Crippen LogP contribution < -0.4 is 16.2 Å². The predicted octanol–water partition coefficient (Wildman–Crippen LogP) is 0.872. The van der Waals surface area contributed by atoms with Gasteiger partial charge in [0, 0.05) is 19.7 Å². The minimum absolute atomic E-state index is 0.642. The summed E-state index contributed by atoms with van der Waals surface area (Å²) in [4.78, 5) is 13.0. The summed E-state index contributed by atoms with van der Waals surface area (Å²) in [6.07, 6.45) is 3.04. The maximum Gasteiger partial charge on any atom is 0.191 e. The van der Waals surface area contributed by atoms with Crippen LogP contribution in [0.25, 0.3) is 0 Å². The Kier molecular flexibility index (Phi) is 6.17. The number of anilines is 2. The van der Waals surface area contributed by atoms with E-state index in [1.807, 2.05) is 19.4 Å². The van der Waals surface area contributed by atoms with E-state index in [-0.39, 0.29) is 0 Å². The molecule has 0 unspecified atom stereocenters. The van der Waals surface area contributed by atoms with Crippen molar-refractivity contribution in [3.05, 3.63) is 6.07 Å². The lowest BCUT2D eigenvalue weighted by Crippen LogP contribution is -2.24. The normalized spacial score (nSPS) is 10.8. The number of rotatable bonds is 7. The molecule has 0 saturated carbocycles. The number of thioether (sulfide) groups is 1. The van der Waals surface area contributed by atoms with Crippen molar-refractivity contribution in [3.63, 3.8) is 0 Å². The van der Waals surface area contributed by atoms with Gasteiger partial charge in [-0.1, -0.05) is 11.8 Å². The first kappa shape index (κ1) is 15.0. The summed E-state index contributed by atoms with van der Waals surface area (Å²) in [6.45, 7) is 2.01. The first-order valence-electron chi connectivity index (χ1n) is 5.82. The van der Waals surface area contributed by atoms with Crippen LogP contribution in [0.15, 0.2) is 11.2 Å². The zero-order chi connectivity index (χ0) is 13.5. The molecule has 0 saturated heterocycles. The number of hydrogen-bond acceptors (Lipinski definition) is 7. The lowest BCUT2D eigenvalue weighted by atomic mass is 10.3. The summed E-state index contributed by atoms with van der Waals surface area (Å²) in [6, 6.07) is 1.86. The van der Waals surface area contributed by atoms with Gasteiger partial charge in [0.2, 0.25) is 0 Å². The van der Waals surface area contributed by atoms with E-state index in [1.54, 1.807) is 0 Å². The number of nitrogen functional groups attached to an aromatic ring is 1. The van der Waals surface area contributed by atoms with Gasteiger partial charge in [0.15, 0.2) is 5.16 Å². The maximum absolute atomic E-state index is 5.41. The molecule has 0 aliphatic carbocycles. The number of nitrogens with zero attached hydrogens (tertiary/aromatic N) is 4. The largest absolute Gasteiger partial charge is 0.359 e. The van der Waals surface area contributed by atoms with Crippen molar-refractivity contribution in [2.24, 2.45) is 5.84 Å². The Hall–Kier alpha value is -1.05. The van der Waals surface area contributed by atoms with Crippen molar-refractivity contribution >= 4 is 23.4 Å². The monoisotopic (exact) mass is 270 g/mol. The zero-order valence-corrected chi connectivity index (χ0v) is 12.3.